The highest BCUT2D eigenvalue weighted by molar-refractivity contribution is 7.98. The molecule has 2 aromatic carbocycles. The molecule has 54 heavy (non-hydrogen) atoms. The van der Waals surface area contributed by atoms with Gasteiger partial charge in [0, 0.05) is 64.8 Å². The number of aromatic nitrogens is 14. The van der Waals surface area contributed by atoms with E-state index in [1.807, 2.05) is 95.2 Å². The van der Waals surface area contributed by atoms with Gasteiger partial charge in [0.25, 0.3) is 0 Å². The van der Waals surface area contributed by atoms with Gasteiger partial charge in [0.2, 0.25) is 0 Å². The van der Waals surface area contributed by atoms with Gasteiger partial charge in [-0.15, -0.1) is 25.5 Å². The first-order valence-electron chi connectivity index (χ1n) is 16.7. The normalized spacial score (nSPS) is 12.4. The summed E-state index contributed by atoms with van der Waals surface area (Å²) in [6.45, 7) is 0.203. The summed E-state index contributed by atoms with van der Waals surface area (Å²) in [5.74, 6) is 2.79. The summed E-state index contributed by atoms with van der Waals surface area (Å²) >= 11 is 13.6. The first kappa shape index (κ1) is 35.1. The van der Waals surface area contributed by atoms with Gasteiger partial charge in [0.1, 0.15) is 6.33 Å². The molecular formula is C36H30Cl2N14OS. The number of pyridine rings is 2. The van der Waals surface area contributed by atoms with Gasteiger partial charge >= 0.3 is 6.01 Å². The van der Waals surface area contributed by atoms with Crippen molar-refractivity contribution in [2.75, 3.05) is 0 Å². The Morgan fingerprint density at radius 2 is 1.41 bits per heavy atom. The molecule has 8 aromatic rings. The Morgan fingerprint density at radius 1 is 0.759 bits per heavy atom. The molecule has 1 aliphatic rings. The van der Waals surface area contributed by atoms with Crippen LogP contribution in [0.5, 0.6) is 6.01 Å². The summed E-state index contributed by atoms with van der Waals surface area (Å²) in [6, 6.07) is 23.4. The molecule has 1 aliphatic carbocycles. The second-order valence-corrected chi connectivity index (χ2v) is 13.9. The van der Waals surface area contributed by atoms with Crippen LogP contribution in [-0.2, 0) is 19.4 Å². The first-order valence-corrected chi connectivity index (χ1v) is 18.5. The molecule has 1 saturated carbocycles. The molecule has 0 saturated heterocycles. The van der Waals surface area contributed by atoms with Crippen molar-refractivity contribution in [1.82, 2.24) is 69.3 Å². The fourth-order valence-electron chi connectivity index (χ4n) is 5.41. The minimum absolute atomic E-state index is 0.203. The van der Waals surface area contributed by atoms with E-state index in [0.717, 1.165) is 57.8 Å². The van der Waals surface area contributed by atoms with Crippen molar-refractivity contribution in [2.24, 2.45) is 7.05 Å². The molecule has 0 bridgehead atoms. The highest BCUT2D eigenvalue weighted by Gasteiger charge is 2.31. The lowest BCUT2D eigenvalue weighted by atomic mass is 10.2. The Bertz CT molecular complexity index is 2480. The van der Waals surface area contributed by atoms with E-state index in [-0.39, 0.29) is 6.61 Å². The minimum Gasteiger partial charge on any atom is -0.455 e. The molecule has 0 atom stereocenters. The Labute approximate surface area is 323 Å². The third kappa shape index (κ3) is 8.15. The Kier molecular flexibility index (Phi) is 10.4. The van der Waals surface area contributed by atoms with Crippen LogP contribution in [0.3, 0.4) is 0 Å². The molecule has 0 amide bonds. The second-order valence-electron chi connectivity index (χ2n) is 12.0. The topological polar surface area (TPSA) is 158 Å². The lowest BCUT2D eigenvalue weighted by Gasteiger charge is -2.08. The molecular weight excluding hydrogens is 747 g/mol. The van der Waals surface area contributed by atoms with Gasteiger partial charge < -0.3 is 9.30 Å². The van der Waals surface area contributed by atoms with Crippen LogP contribution < -0.4 is 4.74 Å². The van der Waals surface area contributed by atoms with Crippen molar-refractivity contribution in [2.45, 2.75) is 36.4 Å². The molecule has 6 aromatic heterocycles. The monoisotopic (exact) mass is 776 g/mol. The lowest BCUT2D eigenvalue weighted by molar-refractivity contribution is 0.258. The molecule has 270 valence electrons. The van der Waals surface area contributed by atoms with Crippen molar-refractivity contribution < 1.29 is 4.74 Å². The smallest absolute Gasteiger partial charge is 0.317 e. The van der Waals surface area contributed by atoms with Gasteiger partial charge in [-0.3, -0.25) is 14.5 Å². The van der Waals surface area contributed by atoms with E-state index in [4.69, 9.17) is 27.9 Å². The van der Waals surface area contributed by atoms with Gasteiger partial charge in [-0.2, -0.15) is 0 Å². The molecule has 6 heterocycles. The molecule has 0 radical (unpaired) electrons. The van der Waals surface area contributed by atoms with Gasteiger partial charge in [-0.1, -0.05) is 57.4 Å². The lowest BCUT2D eigenvalue weighted by Crippen LogP contribution is -2.06. The molecule has 0 N–H and O–H groups in total. The summed E-state index contributed by atoms with van der Waals surface area (Å²) in [5.41, 5.74) is 4.51. The summed E-state index contributed by atoms with van der Waals surface area (Å²) in [4.78, 5) is 12.4. The zero-order valence-corrected chi connectivity index (χ0v) is 31.0. The van der Waals surface area contributed by atoms with Crippen molar-refractivity contribution in [1.29, 1.82) is 0 Å². The Balaban J connectivity index is 0.000000154. The Hall–Kier alpha value is -5.97. The maximum Gasteiger partial charge on any atom is 0.317 e. The molecule has 18 heteroatoms. The third-order valence-electron chi connectivity index (χ3n) is 8.19. The predicted octanol–water partition coefficient (Wildman–Crippen LogP) is 6.89. The maximum absolute atomic E-state index is 6.04. The quantitative estimate of drug-likeness (QED) is 0.126. The van der Waals surface area contributed by atoms with Crippen molar-refractivity contribution in [3.8, 4) is 40.2 Å². The van der Waals surface area contributed by atoms with E-state index in [2.05, 4.69) is 50.8 Å². The zero-order valence-electron chi connectivity index (χ0n) is 28.6. The third-order valence-corrected chi connectivity index (χ3v) is 9.72. The summed E-state index contributed by atoms with van der Waals surface area (Å²) in [6.07, 6.45) is 12.7. The van der Waals surface area contributed by atoms with E-state index >= 15 is 0 Å². The van der Waals surface area contributed by atoms with Crippen LogP contribution >= 0.6 is 35.0 Å². The van der Waals surface area contributed by atoms with Crippen molar-refractivity contribution in [3.05, 3.63) is 132 Å². The van der Waals surface area contributed by atoms with E-state index in [1.165, 1.54) is 0 Å². The van der Waals surface area contributed by atoms with Gasteiger partial charge in [0.05, 0.1) is 23.3 Å². The van der Waals surface area contributed by atoms with E-state index in [1.54, 1.807) is 52.2 Å². The average molecular weight is 778 g/mol. The summed E-state index contributed by atoms with van der Waals surface area (Å²) in [5, 5.41) is 32.0. The first-order chi connectivity index (χ1) is 26.5. The van der Waals surface area contributed by atoms with Gasteiger partial charge in [-0.05, 0) is 73.5 Å². The fourth-order valence-corrected chi connectivity index (χ4v) is 6.57. The number of rotatable bonds is 11. The van der Waals surface area contributed by atoms with Crippen molar-refractivity contribution >= 4 is 35.0 Å². The summed E-state index contributed by atoms with van der Waals surface area (Å²) < 4.78 is 13.3. The van der Waals surface area contributed by atoms with E-state index in [0.29, 0.717) is 33.7 Å². The van der Waals surface area contributed by atoms with Crippen LogP contribution in [0.25, 0.3) is 34.2 Å². The molecule has 1 fully saturated rings. The number of ether oxygens (including phenoxy) is 1. The Morgan fingerprint density at radius 3 is 2.07 bits per heavy atom. The van der Waals surface area contributed by atoms with E-state index in [9.17, 15) is 0 Å². The minimum atomic E-state index is 0.203. The number of halogens is 2. The predicted molar refractivity (Wildman–Crippen MR) is 202 cm³/mol. The van der Waals surface area contributed by atoms with Gasteiger partial charge in [0.15, 0.2) is 29.2 Å². The molecule has 0 aliphatic heterocycles. The zero-order chi connectivity index (χ0) is 36.9. The highest BCUT2D eigenvalue weighted by atomic mass is 35.5. The maximum atomic E-state index is 6.04. The van der Waals surface area contributed by atoms with Crippen LogP contribution in [0.4, 0.5) is 0 Å². The van der Waals surface area contributed by atoms with Crippen LogP contribution in [0.15, 0.2) is 115 Å². The van der Waals surface area contributed by atoms with Gasteiger partial charge in [-0.25, -0.2) is 14.3 Å². The van der Waals surface area contributed by atoms with Crippen LogP contribution in [0.1, 0.15) is 30.4 Å². The molecule has 9 rings (SSSR count). The molecule has 0 unspecified atom stereocenters. The van der Waals surface area contributed by atoms with E-state index < -0.39 is 0 Å². The number of hydrogen-bond donors (Lipinski definition) is 0. The van der Waals surface area contributed by atoms with Crippen LogP contribution in [0.2, 0.25) is 10.0 Å². The number of nitrogens with zero attached hydrogens (tertiary/aromatic N) is 14. The largest absolute Gasteiger partial charge is 0.455 e. The number of thioether (sulfide) groups is 1. The second kappa shape index (κ2) is 16.0. The average Bonchev–Trinajstić information content (AvgIpc) is 3.54. The van der Waals surface area contributed by atoms with Crippen LogP contribution in [-0.4, -0.2) is 69.3 Å². The highest BCUT2D eigenvalue weighted by Crippen LogP contribution is 2.41. The SMILES string of the molecule is Clc1cccc(-n2cnc(COc3nnc(-c4ccncc4)n3C3CC3)n2)c1.Cn1c(SCc2cn(-c3cccc(Cl)c3)nn2)nnc1-c1ccncc1. The number of benzene rings is 2. The standard InChI is InChI=1S/C19H16ClN7O.C17H14ClN7S/c20-14-2-1-3-16(10-14)26-12-22-17(25-26)11-28-19-24-23-18(27(19)15-4-5-15)13-6-8-21-9-7-13;1-24-16(12-5-7-19-8-6-12)21-22-17(24)26-11-14-10-25(23-20-14)15-4-2-3-13(18)9-15/h1-3,6-10,12,15H,4-5,11H2;2-10H,11H2,1H3. The summed E-state index contributed by atoms with van der Waals surface area (Å²) in [7, 11) is 1.95. The van der Waals surface area contributed by atoms with Crippen molar-refractivity contribution in [3.63, 3.8) is 0 Å². The van der Waals surface area contributed by atoms with Crippen LogP contribution in [0, 0.1) is 0 Å². The fraction of sp³-hybridized carbons (Fsp3) is 0.167. The molecule has 15 nitrogen and oxygen atoms in total. The number of hydrogen-bond acceptors (Lipinski definition) is 12. The molecule has 0 spiro atoms.